The Morgan fingerprint density at radius 2 is 1.17 bits per heavy atom. The van der Waals surface area contributed by atoms with Crippen molar-refractivity contribution in [2.75, 3.05) is 33.4 Å². The van der Waals surface area contributed by atoms with E-state index in [1.165, 1.54) is 39.5 Å². The number of fused-ring (bicyclic) bond motifs is 5. The van der Waals surface area contributed by atoms with Crippen molar-refractivity contribution in [3.05, 3.63) is 0 Å². The number of ether oxygens (including phenoxy) is 8. The van der Waals surface area contributed by atoms with Crippen molar-refractivity contribution in [2.45, 2.75) is 241 Å². The van der Waals surface area contributed by atoms with Gasteiger partial charge in [0.1, 0.15) is 79.3 Å². The average molecular weight is 1190 g/mol. The summed E-state index contributed by atoms with van der Waals surface area (Å²) >= 11 is 0. The average Bonchev–Trinajstić information content (AvgIpc) is 3.96. The number of aliphatic carboxylic acids is 1. The van der Waals surface area contributed by atoms with E-state index in [2.05, 4.69) is 42.0 Å². The number of carboxylic acids is 1. The number of aliphatic hydroxyl groups excluding tert-OH is 9. The first kappa shape index (κ1) is 65.6. The van der Waals surface area contributed by atoms with Crippen LogP contribution in [0.2, 0.25) is 0 Å². The molecule has 4 saturated carbocycles. The van der Waals surface area contributed by atoms with Gasteiger partial charge in [-0.2, -0.15) is 0 Å². The number of nitrogens with one attached hydrogen (secondary N) is 4. The van der Waals surface area contributed by atoms with Gasteiger partial charge in [0.2, 0.25) is 17.7 Å². The minimum absolute atomic E-state index is 0.0679. The second-order valence-corrected chi connectivity index (χ2v) is 25.3. The summed E-state index contributed by atoms with van der Waals surface area (Å²) in [5.74, 6) is -0.970. The normalized spacial score (nSPS) is 46.5. The first-order valence-electron chi connectivity index (χ1n) is 29.7. The molecule has 0 spiro atoms. The Labute approximate surface area is 483 Å². The highest BCUT2D eigenvalue weighted by molar-refractivity contribution is 5.82. The Morgan fingerprint density at radius 1 is 0.614 bits per heavy atom. The van der Waals surface area contributed by atoms with Gasteiger partial charge in [-0.05, 0) is 117 Å². The van der Waals surface area contributed by atoms with Crippen LogP contribution in [-0.4, -0.2) is 243 Å². The lowest BCUT2D eigenvalue weighted by Crippen LogP contribution is -2.71. The SMILES string of the molecule is CO[C@@H]1C(C(=O)O)O[C@@H](O[C@@H]2C(NC(C)=O)[C@H](O[C@@H]3C(C(=O)NCCNC(=O)CC[C@@H](C)[C@H]4CC[C@H]5[C@@H]6CC[C@@H]7C[C@H](O)CC[C@]7(C)[C@H]6CC[C@]45C)O[C@@H](O[C@@H]4C(NC(C)=O)[C@H](C)OC(CO)[C@H]4O)C(O)[C@H]3O)OC(CO)[C@H]2O)C(O)[C@H]1O. The van der Waals surface area contributed by atoms with Crippen LogP contribution in [0.3, 0.4) is 0 Å². The topological polar surface area (TPSA) is 410 Å². The van der Waals surface area contributed by atoms with Gasteiger partial charge in [0.15, 0.2) is 31.1 Å². The molecule has 4 aliphatic carbocycles. The zero-order chi connectivity index (χ0) is 60.6. The molecule has 8 fully saturated rings. The molecule has 4 heterocycles. The number of amides is 4. The van der Waals surface area contributed by atoms with E-state index < -0.39 is 159 Å². The largest absolute Gasteiger partial charge is 0.479 e. The predicted octanol–water partition coefficient (Wildman–Crippen LogP) is -2.97. The highest BCUT2D eigenvalue weighted by Crippen LogP contribution is 2.68. The number of hydrogen-bond acceptors (Lipinski definition) is 22. The number of carboxylic acid groups (broad SMARTS) is 1. The lowest BCUT2D eigenvalue weighted by atomic mass is 9.44. The molecule has 4 amide bonds. The van der Waals surface area contributed by atoms with E-state index in [4.69, 9.17) is 37.9 Å². The third kappa shape index (κ3) is 13.6. The Balaban J connectivity index is 0.957. The van der Waals surface area contributed by atoms with Crippen molar-refractivity contribution in [3.63, 3.8) is 0 Å². The van der Waals surface area contributed by atoms with E-state index in [-0.39, 0.29) is 48.3 Å². The van der Waals surface area contributed by atoms with Gasteiger partial charge < -0.3 is 110 Å². The minimum atomic E-state index is -2.20. The minimum Gasteiger partial charge on any atom is -0.479 e. The fourth-order valence-electron chi connectivity index (χ4n) is 16.2. The Kier molecular flexibility index (Phi) is 21.6. The Bertz CT molecular complexity index is 2240. The third-order valence-corrected chi connectivity index (χ3v) is 20.4. The molecule has 474 valence electrons. The van der Waals surface area contributed by atoms with Crippen LogP contribution in [0.4, 0.5) is 0 Å². The van der Waals surface area contributed by atoms with Gasteiger partial charge in [-0.1, -0.05) is 20.8 Å². The van der Waals surface area contributed by atoms with Gasteiger partial charge in [-0.25, -0.2) is 4.79 Å². The summed E-state index contributed by atoms with van der Waals surface area (Å²) in [4.78, 5) is 65.3. The number of hydrogen-bond donors (Lipinski definition) is 14. The number of carbonyl (C=O) groups excluding carboxylic acids is 4. The van der Waals surface area contributed by atoms with Crippen LogP contribution in [0.25, 0.3) is 0 Å². The molecule has 4 saturated heterocycles. The van der Waals surface area contributed by atoms with Gasteiger partial charge in [0.05, 0.1) is 31.5 Å². The molecule has 27 heteroatoms. The number of rotatable bonds is 20. The van der Waals surface area contributed by atoms with Gasteiger partial charge in [0.25, 0.3) is 5.91 Å². The van der Waals surface area contributed by atoms with E-state index >= 15 is 0 Å². The summed E-state index contributed by atoms with van der Waals surface area (Å²) in [5.41, 5.74) is 0.458. The molecule has 0 aromatic carbocycles. The van der Waals surface area contributed by atoms with Crippen LogP contribution in [0.15, 0.2) is 0 Å². The first-order valence-corrected chi connectivity index (χ1v) is 29.7. The van der Waals surface area contributed by atoms with Crippen LogP contribution in [0, 0.1) is 46.3 Å². The van der Waals surface area contributed by atoms with E-state index in [9.17, 15) is 75.0 Å². The standard InChI is InChI=1S/C56H92N4O23/c1-23(30-11-12-31-29-10-9-27-20-28(65)14-16-55(27,5)32(29)15-17-56(30,31)6)8-13-35(66)57-18-19-58-50(73)48-47(41(70)43(72)53(82-48)79-44-36(59-25(3)63)24(2)77-33(21-61)38(44)67)81-52-37(60-26(4)64)45(39(68)34(22-62)78-52)80-54-42(71)40(69)46(76-7)49(83-54)51(74)75/h23-24,27-34,36-49,52-54,61-62,65,67-72H,8-22H2,1-7H3,(H,57,66)(H,58,73)(H,59,63)(H,60,64)(H,74,75)/t23-,24+,27-,28-,29+,30-,31+,32+,33?,34?,36?,37?,38-,39-,40-,41-,42?,43?,44-,45-,46+,47+,48?,49?,52+,53-,54-,55+,56-/m1/s1. The van der Waals surface area contributed by atoms with Crippen molar-refractivity contribution >= 4 is 29.6 Å². The summed E-state index contributed by atoms with van der Waals surface area (Å²) < 4.78 is 46.5. The number of aliphatic hydroxyl groups is 9. The van der Waals surface area contributed by atoms with E-state index in [1.807, 2.05) is 0 Å². The summed E-state index contributed by atoms with van der Waals surface area (Å²) in [6.45, 7) is 9.00. The lowest BCUT2D eigenvalue weighted by molar-refractivity contribution is -0.365. The fraction of sp³-hybridized carbons (Fsp3) is 0.911. The summed E-state index contributed by atoms with van der Waals surface area (Å²) in [7, 11) is 1.07. The van der Waals surface area contributed by atoms with Crippen molar-refractivity contribution < 1.29 is 113 Å². The van der Waals surface area contributed by atoms with Crippen molar-refractivity contribution in [3.8, 4) is 0 Å². The monoisotopic (exact) mass is 1190 g/mol. The highest BCUT2D eigenvalue weighted by atomic mass is 16.8. The lowest BCUT2D eigenvalue weighted by Gasteiger charge is -2.61. The van der Waals surface area contributed by atoms with E-state index in [1.54, 1.807) is 0 Å². The van der Waals surface area contributed by atoms with E-state index in [0.717, 1.165) is 46.1 Å². The van der Waals surface area contributed by atoms with Crippen LogP contribution in [0.5, 0.6) is 0 Å². The summed E-state index contributed by atoms with van der Waals surface area (Å²) in [5, 5.41) is 120. The fourth-order valence-corrected chi connectivity index (χ4v) is 16.2. The molecule has 0 radical (unpaired) electrons. The molecular formula is C56H92N4O23. The van der Waals surface area contributed by atoms with Crippen LogP contribution in [-0.2, 0) is 61.9 Å². The summed E-state index contributed by atoms with van der Waals surface area (Å²) in [6.07, 6.45) is -22.1. The quantitative estimate of drug-likeness (QED) is 0.0541. The van der Waals surface area contributed by atoms with Crippen LogP contribution in [0.1, 0.15) is 112 Å². The predicted molar refractivity (Wildman–Crippen MR) is 284 cm³/mol. The second-order valence-electron chi connectivity index (χ2n) is 25.3. The maximum atomic E-state index is 14.5. The van der Waals surface area contributed by atoms with Gasteiger partial charge in [-0.3, -0.25) is 19.2 Å². The number of carbonyl (C=O) groups is 5. The molecule has 4 aliphatic heterocycles. The molecule has 14 N–H and O–H groups in total. The summed E-state index contributed by atoms with van der Waals surface area (Å²) in [6, 6.07) is -2.89. The zero-order valence-corrected chi connectivity index (χ0v) is 48.5. The maximum absolute atomic E-state index is 14.5. The van der Waals surface area contributed by atoms with Gasteiger partial charge in [-0.15, -0.1) is 0 Å². The maximum Gasteiger partial charge on any atom is 0.335 e. The van der Waals surface area contributed by atoms with Crippen LogP contribution >= 0.6 is 0 Å². The van der Waals surface area contributed by atoms with Gasteiger partial charge >= 0.3 is 5.97 Å². The van der Waals surface area contributed by atoms with Crippen molar-refractivity contribution in [1.29, 1.82) is 0 Å². The molecule has 0 bridgehead atoms. The first-order chi connectivity index (χ1) is 39.3. The molecule has 8 unspecified atom stereocenters. The van der Waals surface area contributed by atoms with E-state index in [0.29, 0.717) is 36.0 Å². The molecule has 8 rings (SSSR count). The molecule has 0 aromatic heterocycles. The number of methoxy groups -OCH3 is 1. The smallest absolute Gasteiger partial charge is 0.335 e. The molecule has 8 aliphatic rings. The Morgan fingerprint density at radius 3 is 1.78 bits per heavy atom. The molecule has 83 heavy (non-hydrogen) atoms. The molecule has 27 nitrogen and oxygen atoms in total. The molecule has 0 aromatic rings. The Hall–Kier alpha value is -3.33. The molecule has 29 atom stereocenters. The van der Waals surface area contributed by atoms with Crippen LogP contribution < -0.4 is 21.3 Å². The van der Waals surface area contributed by atoms with Gasteiger partial charge in [0, 0.05) is 40.5 Å². The highest BCUT2D eigenvalue weighted by Gasteiger charge is 2.62. The van der Waals surface area contributed by atoms with Crippen molar-refractivity contribution in [1.82, 2.24) is 21.3 Å². The second kappa shape index (κ2) is 27.4. The zero-order valence-electron chi connectivity index (χ0n) is 48.5. The molecular weight excluding hydrogens is 1100 g/mol. The van der Waals surface area contributed by atoms with Crippen molar-refractivity contribution in [2.24, 2.45) is 46.3 Å². The third-order valence-electron chi connectivity index (χ3n) is 20.4.